The summed E-state index contributed by atoms with van der Waals surface area (Å²) in [4.78, 5) is 12.3. The van der Waals surface area contributed by atoms with E-state index in [-0.39, 0.29) is 21.1 Å². The highest BCUT2D eigenvalue weighted by Gasteiger charge is 2.27. The first kappa shape index (κ1) is 21.3. The molecule has 0 aromatic heterocycles. The molecule has 5 nitrogen and oxygen atoms in total. The van der Waals surface area contributed by atoms with Crippen molar-refractivity contribution in [2.75, 3.05) is 5.32 Å². The number of sulfone groups is 1. The van der Waals surface area contributed by atoms with Crippen LogP contribution in [-0.2, 0) is 14.6 Å². The van der Waals surface area contributed by atoms with E-state index in [2.05, 4.69) is 5.32 Å². The molecule has 0 atom stereocenters. The van der Waals surface area contributed by atoms with Gasteiger partial charge in [0.25, 0.3) is 0 Å². The maximum atomic E-state index is 13.2. The van der Waals surface area contributed by atoms with Crippen molar-refractivity contribution in [2.45, 2.75) is 30.6 Å². The lowest BCUT2D eigenvalue weighted by Gasteiger charge is -2.17. The third-order valence-electron chi connectivity index (χ3n) is 4.77. The monoisotopic (exact) mass is 421 g/mol. The van der Waals surface area contributed by atoms with Crippen LogP contribution in [0, 0.1) is 20.8 Å². The van der Waals surface area contributed by atoms with Crippen molar-refractivity contribution in [1.82, 2.24) is 0 Å². The molecule has 0 aliphatic heterocycles. The van der Waals surface area contributed by atoms with Gasteiger partial charge in [0.1, 0.15) is 10.6 Å². The number of phenols is 1. The van der Waals surface area contributed by atoms with E-state index in [0.717, 1.165) is 11.1 Å². The number of carbonyl (C=O) groups excluding carboxylic acids is 1. The number of phenolic OH excluding ortho intramolecular Hbond substituents is 1. The number of anilines is 1. The number of benzene rings is 3. The average Bonchev–Trinajstić information content (AvgIpc) is 2.70. The topological polar surface area (TPSA) is 83.5 Å². The molecule has 3 aromatic carbocycles. The molecular formula is C24H23NO4S. The van der Waals surface area contributed by atoms with Gasteiger partial charge in [-0.25, -0.2) is 8.42 Å². The Balaban J connectivity index is 1.98. The summed E-state index contributed by atoms with van der Waals surface area (Å²) < 4.78 is 26.3. The van der Waals surface area contributed by atoms with Gasteiger partial charge in [-0.15, -0.1) is 0 Å². The van der Waals surface area contributed by atoms with Crippen molar-refractivity contribution in [1.29, 1.82) is 0 Å². The van der Waals surface area contributed by atoms with E-state index in [0.29, 0.717) is 11.3 Å². The molecule has 0 saturated heterocycles. The van der Waals surface area contributed by atoms with Gasteiger partial charge in [0.05, 0.1) is 4.90 Å². The minimum Gasteiger partial charge on any atom is -0.507 e. The highest BCUT2D eigenvalue weighted by atomic mass is 32.2. The molecule has 2 N–H and O–H groups in total. The van der Waals surface area contributed by atoms with E-state index in [9.17, 15) is 18.3 Å². The Hall–Kier alpha value is -3.38. The maximum Gasteiger partial charge on any atom is 0.248 e. The molecule has 0 saturated carbocycles. The maximum absolute atomic E-state index is 13.2. The molecule has 0 unspecified atom stereocenters. The third kappa shape index (κ3) is 4.44. The van der Waals surface area contributed by atoms with Crippen molar-refractivity contribution in [2.24, 2.45) is 0 Å². The molecule has 3 rings (SSSR count). The van der Waals surface area contributed by atoms with Crippen molar-refractivity contribution < 1.29 is 18.3 Å². The Bertz CT molecular complexity index is 1210. The van der Waals surface area contributed by atoms with E-state index < -0.39 is 15.7 Å². The van der Waals surface area contributed by atoms with Crippen LogP contribution in [0.2, 0.25) is 0 Å². The largest absolute Gasteiger partial charge is 0.507 e. The highest BCUT2D eigenvalue weighted by Crippen LogP contribution is 2.37. The predicted molar refractivity (Wildman–Crippen MR) is 118 cm³/mol. The second-order valence-electron chi connectivity index (χ2n) is 7.09. The van der Waals surface area contributed by atoms with Crippen molar-refractivity contribution >= 4 is 27.5 Å². The third-order valence-corrected chi connectivity index (χ3v) is 6.72. The predicted octanol–water partition coefficient (Wildman–Crippen LogP) is 4.80. The molecule has 30 heavy (non-hydrogen) atoms. The summed E-state index contributed by atoms with van der Waals surface area (Å²) in [5.74, 6) is -0.738. The molecule has 6 heteroatoms. The standard InChI is InChI=1S/C24H23NO4S/c1-16-9-12-20(13-10-16)30(28,29)24-18(3)23(17(2)15-21(24)26)25-22(27)14-11-19-7-5-4-6-8-19/h4-15,26H,1-3H3,(H,25,27). The lowest BCUT2D eigenvalue weighted by molar-refractivity contribution is -0.111. The molecule has 154 valence electrons. The van der Waals surface area contributed by atoms with Gasteiger partial charge in [0, 0.05) is 11.8 Å². The Morgan fingerprint density at radius 3 is 2.23 bits per heavy atom. The van der Waals surface area contributed by atoms with E-state index in [4.69, 9.17) is 0 Å². The van der Waals surface area contributed by atoms with Crippen LogP contribution >= 0.6 is 0 Å². The molecule has 0 spiro atoms. The zero-order valence-electron chi connectivity index (χ0n) is 17.0. The second-order valence-corrected chi connectivity index (χ2v) is 8.98. The number of aromatic hydroxyl groups is 1. The molecule has 1 amide bonds. The summed E-state index contributed by atoms with van der Waals surface area (Å²) in [6, 6.07) is 17.1. The first-order valence-corrected chi connectivity index (χ1v) is 10.9. The molecule has 0 fully saturated rings. The van der Waals surface area contributed by atoms with E-state index in [1.807, 2.05) is 37.3 Å². The molecular weight excluding hydrogens is 398 g/mol. The highest BCUT2D eigenvalue weighted by molar-refractivity contribution is 7.91. The fraction of sp³-hybridized carbons (Fsp3) is 0.125. The van der Waals surface area contributed by atoms with Crippen LogP contribution in [0.25, 0.3) is 6.08 Å². The van der Waals surface area contributed by atoms with Crippen LogP contribution in [0.15, 0.2) is 76.5 Å². The molecule has 0 radical (unpaired) electrons. The van der Waals surface area contributed by atoms with Crippen LogP contribution in [0.4, 0.5) is 5.69 Å². The normalized spacial score (nSPS) is 11.6. The summed E-state index contributed by atoms with van der Waals surface area (Å²) >= 11 is 0. The number of amides is 1. The molecule has 0 bridgehead atoms. The number of hydrogen-bond acceptors (Lipinski definition) is 4. The van der Waals surface area contributed by atoms with Gasteiger partial charge < -0.3 is 10.4 Å². The fourth-order valence-electron chi connectivity index (χ4n) is 3.21. The summed E-state index contributed by atoms with van der Waals surface area (Å²) in [6.07, 6.45) is 3.06. The van der Waals surface area contributed by atoms with E-state index >= 15 is 0 Å². The average molecular weight is 422 g/mol. The Labute approximate surface area is 176 Å². The van der Waals surface area contributed by atoms with Gasteiger partial charge in [-0.3, -0.25) is 4.79 Å². The van der Waals surface area contributed by atoms with E-state index in [1.165, 1.54) is 24.3 Å². The number of aryl methyl sites for hydroxylation is 2. The van der Waals surface area contributed by atoms with Crippen molar-refractivity contribution in [3.8, 4) is 5.75 Å². The van der Waals surface area contributed by atoms with Gasteiger partial charge in [-0.05, 0) is 61.7 Å². The number of hydrogen-bond donors (Lipinski definition) is 2. The van der Waals surface area contributed by atoms with Gasteiger partial charge in [0.2, 0.25) is 15.7 Å². The zero-order chi connectivity index (χ0) is 21.9. The molecule has 0 heterocycles. The van der Waals surface area contributed by atoms with Gasteiger partial charge in [-0.2, -0.15) is 0 Å². The lowest BCUT2D eigenvalue weighted by Crippen LogP contribution is -2.13. The first-order chi connectivity index (χ1) is 14.2. The molecule has 0 aliphatic rings. The SMILES string of the molecule is Cc1ccc(S(=O)(=O)c2c(O)cc(C)c(NC(=O)C=Cc3ccccc3)c2C)cc1. The minimum absolute atomic E-state index is 0.0802. The van der Waals surface area contributed by atoms with Gasteiger partial charge in [0.15, 0.2) is 0 Å². The van der Waals surface area contributed by atoms with Crippen LogP contribution in [0.3, 0.4) is 0 Å². The van der Waals surface area contributed by atoms with Gasteiger partial charge in [-0.1, -0.05) is 48.0 Å². The summed E-state index contributed by atoms with van der Waals surface area (Å²) in [5, 5.41) is 13.2. The number of rotatable bonds is 5. The van der Waals surface area contributed by atoms with Crippen LogP contribution in [-0.4, -0.2) is 19.4 Å². The van der Waals surface area contributed by atoms with Crippen LogP contribution in [0.1, 0.15) is 22.3 Å². The second kappa shape index (κ2) is 8.55. The Morgan fingerprint density at radius 2 is 1.60 bits per heavy atom. The molecule has 3 aromatic rings. The number of carbonyl (C=O) groups is 1. The van der Waals surface area contributed by atoms with Crippen LogP contribution < -0.4 is 5.32 Å². The van der Waals surface area contributed by atoms with E-state index in [1.54, 1.807) is 32.1 Å². The quantitative estimate of drug-likeness (QED) is 0.458. The Kier molecular flexibility index (Phi) is 6.08. The summed E-state index contributed by atoms with van der Waals surface area (Å²) in [6.45, 7) is 5.14. The zero-order valence-corrected chi connectivity index (χ0v) is 17.8. The first-order valence-electron chi connectivity index (χ1n) is 9.39. The van der Waals surface area contributed by atoms with Crippen molar-refractivity contribution in [3.63, 3.8) is 0 Å². The minimum atomic E-state index is -3.97. The smallest absolute Gasteiger partial charge is 0.248 e. The molecule has 0 aliphatic carbocycles. The Morgan fingerprint density at radius 1 is 0.967 bits per heavy atom. The lowest BCUT2D eigenvalue weighted by atomic mass is 10.1. The van der Waals surface area contributed by atoms with Gasteiger partial charge >= 0.3 is 0 Å². The summed E-state index contributed by atoms with van der Waals surface area (Å²) in [7, 11) is -3.97. The van der Waals surface area contributed by atoms with Crippen LogP contribution in [0.5, 0.6) is 5.75 Å². The number of nitrogens with one attached hydrogen (secondary N) is 1. The summed E-state index contributed by atoms with van der Waals surface area (Å²) in [5.41, 5.74) is 3.01. The van der Waals surface area contributed by atoms with Crippen molar-refractivity contribution in [3.05, 3.63) is 89.0 Å². The fourth-order valence-corrected chi connectivity index (χ4v) is 4.78.